The van der Waals surface area contributed by atoms with Crippen LogP contribution in [0.5, 0.6) is 5.75 Å². The zero-order valence-electron chi connectivity index (χ0n) is 25.7. The number of anilines is 1. The minimum absolute atomic E-state index is 0.0559. The lowest BCUT2D eigenvalue weighted by Crippen LogP contribution is -2.53. The van der Waals surface area contributed by atoms with Gasteiger partial charge in [-0.05, 0) is 85.1 Å². The summed E-state index contributed by atoms with van der Waals surface area (Å²) < 4.78 is 62.2. The molecule has 0 aliphatic rings. The van der Waals surface area contributed by atoms with Crippen LogP contribution in [0.4, 0.5) is 14.5 Å². The third-order valence-corrected chi connectivity index (χ3v) is 8.99. The van der Waals surface area contributed by atoms with Crippen LogP contribution in [-0.2, 0) is 32.6 Å². The fourth-order valence-electron chi connectivity index (χ4n) is 4.84. The van der Waals surface area contributed by atoms with Crippen LogP contribution in [0.3, 0.4) is 0 Å². The number of nitrogens with one attached hydrogen (secondary N) is 1. The molecule has 0 saturated heterocycles. The van der Waals surface area contributed by atoms with E-state index in [9.17, 15) is 26.8 Å². The number of halogens is 2. The third-order valence-electron chi connectivity index (χ3n) is 7.20. The number of sulfonamides is 1. The van der Waals surface area contributed by atoms with Crippen molar-refractivity contribution in [2.24, 2.45) is 0 Å². The molecule has 0 bridgehead atoms. The highest BCUT2D eigenvalue weighted by Crippen LogP contribution is 2.27. The molecular weight excluding hydrogens is 612 g/mol. The van der Waals surface area contributed by atoms with E-state index in [2.05, 4.69) is 5.32 Å². The van der Waals surface area contributed by atoms with Gasteiger partial charge in [-0.15, -0.1) is 0 Å². The maximum Gasteiger partial charge on any atom is 0.264 e. The van der Waals surface area contributed by atoms with Crippen LogP contribution in [0, 0.1) is 11.6 Å². The van der Waals surface area contributed by atoms with Crippen LogP contribution in [0.1, 0.15) is 31.4 Å². The predicted molar refractivity (Wildman–Crippen MR) is 173 cm³/mol. The van der Waals surface area contributed by atoms with E-state index in [1.165, 1.54) is 65.6 Å². The van der Waals surface area contributed by atoms with Gasteiger partial charge in [-0.2, -0.15) is 0 Å². The molecule has 0 aliphatic carbocycles. The van der Waals surface area contributed by atoms with Gasteiger partial charge < -0.3 is 15.0 Å². The Balaban J connectivity index is 1.78. The van der Waals surface area contributed by atoms with Crippen LogP contribution >= 0.6 is 0 Å². The number of rotatable bonds is 15. The summed E-state index contributed by atoms with van der Waals surface area (Å²) in [5.41, 5.74) is 1.38. The summed E-state index contributed by atoms with van der Waals surface area (Å²) in [5.74, 6) is -1.67. The first-order chi connectivity index (χ1) is 22.1. The minimum atomic E-state index is -4.37. The van der Waals surface area contributed by atoms with E-state index >= 15 is 0 Å². The van der Waals surface area contributed by atoms with E-state index in [1.54, 1.807) is 6.92 Å². The standard InChI is InChI=1S/C35H37F2N3O5S/c1-3-22-38-35(42)33(23-26-8-6-5-7-9-26)39(24-27-10-12-28(36)13-11-27)34(41)25-40(30-16-14-29(37)15-17-30)46(43,44)32-20-18-31(19-21-32)45-4-2/h5-21,33H,3-4,22-25H2,1-2H3,(H,38,42)/t33-/m1/s1. The highest BCUT2D eigenvalue weighted by atomic mass is 32.2. The van der Waals surface area contributed by atoms with Crippen molar-refractivity contribution >= 4 is 27.5 Å². The molecule has 0 saturated carbocycles. The Kier molecular flexibility index (Phi) is 11.9. The average molecular weight is 650 g/mol. The molecule has 1 atom stereocenters. The molecule has 0 aliphatic heterocycles. The summed E-state index contributed by atoms with van der Waals surface area (Å²) in [4.78, 5) is 29.2. The molecule has 0 heterocycles. The van der Waals surface area contributed by atoms with Gasteiger partial charge >= 0.3 is 0 Å². The van der Waals surface area contributed by atoms with Gasteiger partial charge in [-0.25, -0.2) is 17.2 Å². The van der Waals surface area contributed by atoms with Gasteiger partial charge in [-0.3, -0.25) is 13.9 Å². The fraction of sp³-hybridized carbons (Fsp3) is 0.257. The van der Waals surface area contributed by atoms with E-state index in [1.807, 2.05) is 37.3 Å². The first-order valence-electron chi connectivity index (χ1n) is 15.0. The summed E-state index contributed by atoms with van der Waals surface area (Å²) in [5, 5.41) is 2.87. The van der Waals surface area contributed by atoms with Crippen LogP contribution < -0.4 is 14.4 Å². The quantitative estimate of drug-likeness (QED) is 0.178. The molecule has 0 fully saturated rings. The number of amides is 2. The summed E-state index contributed by atoms with van der Waals surface area (Å²) in [7, 11) is -4.37. The zero-order valence-corrected chi connectivity index (χ0v) is 26.6. The Bertz CT molecular complexity index is 1690. The topological polar surface area (TPSA) is 96.0 Å². The number of carbonyl (C=O) groups excluding carboxylic acids is 2. The van der Waals surface area contributed by atoms with Gasteiger partial charge in [0.15, 0.2) is 0 Å². The normalized spacial score (nSPS) is 11.8. The Morgan fingerprint density at radius 1 is 0.804 bits per heavy atom. The molecule has 4 rings (SSSR count). The molecule has 4 aromatic rings. The summed E-state index contributed by atoms with van der Waals surface area (Å²) in [6.45, 7) is 3.67. The van der Waals surface area contributed by atoms with E-state index in [4.69, 9.17) is 4.74 Å². The molecular formula is C35H37F2N3O5S. The summed E-state index contributed by atoms with van der Waals surface area (Å²) in [6, 6.07) is 24.1. The zero-order chi connectivity index (χ0) is 33.1. The number of carbonyl (C=O) groups is 2. The Hall–Kier alpha value is -4.77. The van der Waals surface area contributed by atoms with Crippen molar-refractivity contribution in [3.63, 3.8) is 0 Å². The monoisotopic (exact) mass is 649 g/mol. The Morgan fingerprint density at radius 3 is 2.00 bits per heavy atom. The highest BCUT2D eigenvalue weighted by Gasteiger charge is 2.34. The minimum Gasteiger partial charge on any atom is -0.494 e. The molecule has 0 unspecified atom stereocenters. The number of hydrogen-bond acceptors (Lipinski definition) is 5. The lowest BCUT2D eigenvalue weighted by Gasteiger charge is -2.34. The van der Waals surface area contributed by atoms with Crippen molar-refractivity contribution in [3.8, 4) is 5.75 Å². The number of hydrogen-bond donors (Lipinski definition) is 1. The molecule has 0 spiro atoms. The van der Waals surface area contributed by atoms with Crippen molar-refractivity contribution < 1.29 is 31.5 Å². The molecule has 0 aromatic heterocycles. The number of benzene rings is 4. The second-order valence-corrected chi connectivity index (χ2v) is 12.4. The second kappa shape index (κ2) is 16.0. The average Bonchev–Trinajstić information content (AvgIpc) is 3.06. The molecule has 4 aromatic carbocycles. The van der Waals surface area contributed by atoms with Gasteiger partial charge in [0.1, 0.15) is 30.0 Å². The largest absolute Gasteiger partial charge is 0.494 e. The molecule has 2 amide bonds. The summed E-state index contributed by atoms with van der Waals surface area (Å²) >= 11 is 0. The molecule has 242 valence electrons. The number of ether oxygens (including phenoxy) is 1. The SMILES string of the molecule is CCCNC(=O)[C@@H](Cc1ccccc1)N(Cc1ccc(F)cc1)C(=O)CN(c1ccc(F)cc1)S(=O)(=O)c1ccc(OCC)cc1. The van der Waals surface area contributed by atoms with Gasteiger partial charge in [0.25, 0.3) is 10.0 Å². The van der Waals surface area contributed by atoms with Gasteiger partial charge in [-0.1, -0.05) is 49.4 Å². The van der Waals surface area contributed by atoms with Crippen molar-refractivity contribution in [2.45, 2.75) is 44.2 Å². The van der Waals surface area contributed by atoms with Crippen LogP contribution in [0.2, 0.25) is 0 Å². The van der Waals surface area contributed by atoms with Gasteiger partial charge in [0.2, 0.25) is 11.8 Å². The lowest BCUT2D eigenvalue weighted by molar-refractivity contribution is -0.140. The van der Waals surface area contributed by atoms with E-state index < -0.39 is 46.1 Å². The first kappa shape index (κ1) is 34.1. The molecule has 46 heavy (non-hydrogen) atoms. The van der Waals surface area contributed by atoms with Crippen molar-refractivity contribution in [3.05, 3.63) is 126 Å². The third kappa shape index (κ3) is 8.91. The van der Waals surface area contributed by atoms with E-state index in [0.717, 1.165) is 22.0 Å². The molecule has 11 heteroatoms. The van der Waals surface area contributed by atoms with Crippen molar-refractivity contribution in [1.29, 1.82) is 0 Å². The molecule has 1 N–H and O–H groups in total. The van der Waals surface area contributed by atoms with Crippen LogP contribution in [0.25, 0.3) is 0 Å². The lowest BCUT2D eigenvalue weighted by atomic mass is 10.0. The van der Waals surface area contributed by atoms with Gasteiger partial charge in [0.05, 0.1) is 17.2 Å². The maximum atomic E-state index is 14.4. The van der Waals surface area contributed by atoms with Crippen molar-refractivity contribution in [2.75, 3.05) is 24.0 Å². The smallest absolute Gasteiger partial charge is 0.264 e. The first-order valence-corrected chi connectivity index (χ1v) is 16.4. The van der Waals surface area contributed by atoms with E-state index in [-0.39, 0.29) is 23.5 Å². The predicted octanol–water partition coefficient (Wildman–Crippen LogP) is 5.73. The van der Waals surface area contributed by atoms with Crippen molar-refractivity contribution in [1.82, 2.24) is 10.2 Å². The van der Waals surface area contributed by atoms with Crippen LogP contribution in [0.15, 0.2) is 108 Å². The molecule has 8 nitrogen and oxygen atoms in total. The fourth-order valence-corrected chi connectivity index (χ4v) is 6.26. The molecule has 0 radical (unpaired) electrons. The second-order valence-electron chi connectivity index (χ2n) is 10.5. The van der Waals surface area contributed by atoms with Crippen LogP contribution in [-0.4, -0.2) is 50.9 Å². The Labute approximate surface area is 268 Å². The Morgan fingerprint density at radius 2 is 1.41 bits per heavy atom. The highest BCUT2D eigenvalue weighted by molar-refractivity contribution is 7.92. The number of nitrogens with zero attached hydrogens (tertiary/aromatic N) is 2. The maximum absolute atomic E-state index is 14.4. The summed E-state index contributed by atoms with van der Waals surface area (Å²) in [6.07, 6.45) is 0.805. The van der Waals surface area contributed by atoms with Gasteiger partial charge in [0, 0.05) is 19.5 Å². The van der Waals surface area contributed by atoms with E-state index in [0.29, 0.717) is 30.9 Å².